The number of fused-ring (bicyclic) bond motifs is 1. The number of hydrogen-bond donors (Lipinski definition) is 1. The van der Waals surface area contributed by atoms with E-state index in [0.717, 1.165) is 17.3 Å². The first-order valence-corrected chi connectivity index (χ1v) is 11.0. The van der Waals surface area contributed by atoms with Crippen LogP contribution in [0.15, 0.2) is 48.1 Å². The summed E-state index contributed by atoms with van der Waals surface area (Å²) in [6, 6.07) is 7.10. The summed E-state index contributed by atoms with van der Waals surface area (Å²) in [5, 5.41) is 21.8. The van der Waals surface area contributed by atoms with E-state index >= 15 is 0 Å². The Morgan fingerprint density at radius 2 is 2.04 bits per heavy atom. The van der Waals surface area contributed by atoms with Gasteiger partial charge in [-0.15, -0.1) is 0 Å². The van der Waals surface area contributed by atoms with Crippen molar-refractivity contribution in [2.24, 2.45) is 17.3 Å². The van der Waals surface area contributed by atoms with Gasteiger partial charge in [0.2, 0.25) is 0 Å². The summed E-state index contributed by atoms with van der Waals surface area (Å²) in [5.74, 6) is 0.494. The average molecular weight is 420 g/mol. The number of hydrogen-bond acceptors (Lipinski definition) is 3. The van der Waals surface area contributed by atoms with E-state index in [4.69, 9.17) is 0 Å². The number of nitro groups is 1. The zero-order valence-electron chi connectivity index (χ0n) is 15.8. The van der Waals surface area contributed by atoms with Crippen molar-refractivity contribution in [1.82, 2.24) is 0 Å². The third kappa shape index (κ3) is 3.66. The van der Waals surface area contributed by atoms with Crippen molar-refractivity contribution in [2.45, 2.75) is 51.0 Å². The molecule has 1 aromatic carbocycles. The van der Waals surface area contributed by atoms with E-state index in [1.807, 2.05) is 26.0 Å². The number of aliphatic hydroxyl groups is 1. The number of benzene rings is 1. The van der Waals surface area contributed by atoms with Gasteiger partial charge in [0.25, 0.3) is 0 Å². The van der Waals surface area contributed by atoms with Crippen molar-refractivity contribution in [3.8, 4) is 0 Å². The molecule has 26 heavy (non-hydrogen) atoms. The molecule has 0 saturated heterocycles. The molecule has 0 bridgehead atoms. The standard InChI is InChI=1S/C21H27NO3Se/c1-14-16-13-15(20(2,3)23)9-11-21(16,4)12-10-18(14)26-19-8-6-5-7-17(19)22(24)25/h5-8,10,12-15,18,23H,9,11H2,1-4H3/t14-,15+,18+,21-/m0/s1. The van der Waals surface area contributed by atoms with Crippen LogP contribution in [0.1, 0.15) is 40.5 Å². The molecule has 2 aliphatic carbocycles. The normalized spacial score (nSPS) is 31.3. The van der Waals surface area contributed by atoms with E-state index < -0.39 is 5.60 Å². The zero-order chi connectivity index (χ0) is 19.1. The minimum atomic E-state index is -0.714. The Labute approximate surface area is 161 Å². The van der Waals surface area contributed by atoms with Crippen LogP contribution in [0.2, 0.25) is 4.82 Å². The quantitative estimate of drug-likeness (QED) is 0.346. The summed E-state index contributed by atoms with van der Waals surface area (Å²) >= 11 is -0.0105. The molecule has 0 amide bonds. The average Bonchev–Trinajstić information content (AvgIpc) is 2.57. The second-order valence-corrected chi connectivity index (χ2v) is 10.9. The molecular weight excluding hydrogens is 393 g/mol. The maximum absolute atomic E-state index is 11.3. The molecule has 0 heterocycles. The molecular formula is C21H27NO3Se. The predicted molar refractivity (Wildman–Crippen MR) is 106 cm³/mol. The number of allylic oxidation sites excluding steroid dienone is 3. The molecule has 2 aliphatic rings. The molecule has 1 N–H and O–H groups in total. The zero-order valence-corrected chi connectivity index (χ0v) is 17.5. The van der Waals surface area contributed by atoms with E-state index in [2.05, 4.69) is 32.1 Å². The molecule has 3 rings (SSSR count). The molecule has 0 unspecified atom stereocenters. The SMILES string of the molecule is C[C@H]1C2=C[C@H](C(C)(C)O)CC[C@@]2(C)C=C[C@H]1[Se]c1ccccc1[N+](=O)[O-]. The molecule has 0 saturated carbocycles. The van der Waals surface area contributed by atoms with Crippen LogP contribution >= 0.6 is 0 Å². The van der Waals surface area contributed by atoms with Gasteiger partial charge in [0.15, 0.2) is 0 Å². The Bertz CT molecular complexity index is 765. The topological polar surface area (TPSA) is 63.4 Å². The van der Waals surface area contributed by atoms with Crippen LogP contribution in [-0.4, -0.2) is 30.6 Å². The molecule has 0 aliphatic heterocycles. The third-order valence-electron chi connectivity index (χ3n) is 5.88. The first-order chi connectivity index (χ1) is 12.1. The number of rotatable bonds is 4. The van der Waals surface area contributed by atoms with Crippen molar-refractivity contribution in [2.75, 3.05) is 0 Å². The van der Waals surface area contributed by atoms with E-state index in [0.29, 0.717) is 10.7 Å². The summed E-state index contributed by atoms with van der Waals surface area (Å²) < 4.78 is 0.852. The van der Waals surface area contributed by atoms with Gasteiger partial charge in [-0.25, -0.2) is 0 Å². The van der Waals surface area contributed by atoms with Crippen molar-refractivity contribution < 1.29 is 10.0 Å². The van der Waals surface area contributed by atoms with Gasteiger partial charge in [0.05, 0.1) is 0 Å². The van der Waals surface area contributed by atoms with E-state index in [9.17, 15) is 15.2 Å². The van der Waals surface area contributed by atoms with E-state index in [1.54, 1.807) is 12.1 Å². The first kappa shape index (κ1) is 19.3. The Morgan fingerprint density at radius 1 is 1.35 bits per heavy atom. The Hall–Kier alpha value is -1.42. The maximum atomic E-state index is 11.3. The van der Waals surface area contributed by atoms with Gasteiger partial charge in [-0.05, 0) is 0 Å². The van der Waals surface area contributed by atoms with Gasteiger partial charge >= 0.3 is 162 Å². The summed E-state index contributed by atoms with van der Waals surface area (Å²) in [4.78, 5) is 11.4. The molecule has 0 spiro atoms. The van der Waals surface area contributed by atoms with Crippen molar-refractivity contribution in [1.29, 1.82) is 0 Å². The molecule has 5 heteroatoms. The van der Waals surface area contributed by atoms with E-state index in [-0.39, 0.29) is 36.9 Å². The second-order valence-electron chi connectivity index (χ2n) is 8.29. The van der Waals surface area contributed by atoms with Gasteiger partial charge in [0, 0.05) is 0 Å². The number of nitro benzene ring substituents is 1. The van der Waals surface area contributed by atoms with Gasteiger partial charge < -0.3 is 0 Å². The van der Waals surface area contributed by atoms with Crippen molar-refractivity contribution in [3.05, 3.63) is 58.2 Å². The van der Waals surface area contributed by atoms with Crippen LogP contribution in [-0.2, 0) is 0 Å². The fourth-order valence-corrected chi connectivity index (χ4v) is 6.71. The van der Waals surface area contributed by atoms with Crippen LogP contribution in [0.4, 0.5) is 5.69 Å². The Kier molecular flexibility index (Phi) is 5.17. The molecule has 4 atom stereocenters. The fraction of sp³-hybridized carbons (Fsp3) is 0.524. The van der Waals surface area contributed by atoms with Crippen LogP contribution in [0.3, 0.4) is 0 Å². The van der Waals surface area contributed by atoms with Crippen molar-refractivity contribution >= 4 is 25.1 Å². The van der Waals surface area contributed by atoms with Gasteiger partial charge in [-0.1, -0.05) is 0 Å². The first-order valence-electron chi connectivity index (χ1n) is 9.16. The third-order valence-corrected chi connectivity index (χ3v) is 8.90. The minimum absolute atomic E-state index is 0.0105. The summed E-state index contributed by atoms with van der Waals surface area (Å²) in [5.41, 5.74) is 0.960. The van der Waals surface area contributed by atoms with Crippen LogP contribution < -0.4 is 4.46 Å². The van der Waals surface area contributed by atoms with Gasteiger partial charge in [-0.2, -0.15) is 0 Å². The van der Waals surface area contributed by atoms with Crippen molar-refractivity contribution in [3.63, 3.8) is 0 Å². The molecule has 140 valence electrons. The second kappa shape index (κ2) is 6.95. The predicted octanol–water partition coefficient (Wildman–Crippen LogP) is 4.03. The summed E-state index contributed by atoms with van der Waals surface area (Å²) in [6.45, 7) is 8.28. The molecule has 0 fully saturated rings. The molecule has 0 radical (unpaired) electrons. The molecule has 0 aromatic heterocycles. The van der Waals surface area contributed by atoms with Crippen LogP contribution in [0, 0.1) is 27.4 Å². The summed E-state index contributed by atoms with van der Waals surface area (Å²) in [6.07, 6.45) is 8.91. The number of para-hydroxylation sites is 1. The summed E-state index contributed by atoms with van der Waals surface area (Å²) in [7, 11) is 0. The molecule has 1 aromatic rings. The van der Waals surface area contributed by atoms with Gasteiger partial charge in [0.1, 0.15) is 0 Å². The Morgan fingerprint density at radius 3 is 2.69 bits per heavy atom. The van der Waals surface area contributed by atoms with Crippen LogP contribution in [0.5, 0.6) is 0 Å². The molecule has 4 nitrogen and oxygen atoms in total. The monoisotopic (exact) mass is 421 g/mol. The van der Waals surface area contributed by atoms with Gasteiger partial charge in [-0.3, -0.25) is 0 Å². The number of nitrogens with zero attached hydrogens (tertiary/aromatic N) is 1. The Balaban J connectivity index is 1.91. The van der Waals surface area contributed by atoms with E-state index in [1.165, 1.54) is 5.57 Å². The fourth-order valence-electron chi connectivity index (χ4n) is 4.15. The van der Waals surface area contributed by atoms with Crippen LogP contribution in [0.25, 0.3) is 0 Å².